The normalized spacial score (nSPS) is 13.3. The first-order valence-electron chi connectivity index (χ1n) is 7.55. The number of halogens is 5. The first kappa shape index (κ1) is 23.0. The van der Waals surface area contributed by atoms with Gasteiger partial charge < -0.3 is 10.5 Å². The monoisotopic (exact) mass is 471 g/mol. The Morgan fingerprint density at radius 3 is 2.34 bits per heavy atom. The van der Waals surface area contributed by atoms with E-state index in [1.165, 1.54) is 13.2 Å². The minimum atomic E-state index is -4.66. The van der Waals surface area contributed by atoms with Crippen LogP contribution in [-0.2, 0) is 21.7 Å². The number of benzene rings is 1. The number of hydrazone groups is 1. The predicted molar refractivity (Wildman–Crippen MR) is 103 cm³/mol. The van der Waals surface area contributed by atoms with Crippen LogP contribution in [0.25, 0.3) is 5.69 Å². The largest absolute Gasteiger partial charge is 0.452 e. The smallest absolute Gasteiger partial charge is 0.427 e. The zero-order valence-electron chi connectivity index (χ0n) is 15.1. The summed E-state index contributed by atoms with van der Waals surface area (Å²) in [7, 11) is -0.540. The zero-order chi connectivity index (χ0) is 22.1. The molecule has 0 aliphatic heterocycles. The van der Waals surface area contributed by atoms with Gasteiger partial charge in [0.15, 0.2) is 0 Å². The van der Waals surface area contributed by atoms with Gasteiger partial charge in [0.2, 0.25) is 0 Å². The standard InChI is InChI=1S/C15H14Cl2F3N5O3S/c1-6(22-23-14(26)28-2)10-12(29(3)27)13(21)25(24-10)11-8(16)4-7(5-9(11)17)15(18,19)20/h4-5H,21H2,1-3H3,(H,23,26). The second-order valence-electron chi connectivity index (χ2n) is 5.52. The summed E-state index contributed by atoms with van der Waals surface area (Å²) in [6.45, 7) is 1.44. The van der Waals surface area contributed by atoms with Crippen LogP contribution < -0.4 is 11.2 Å². The Morgan fingerprint density at radius 1 is 1.34 bits per heavy atom. The van der Waals surface area contributed by atoms with E-state index in [1.807, 2.05) is 0 Å². The molecule has 0 fully saturated rings. The number of hydrogen-bond acceptors (Lipinski definition) is 6. The van der Waals surface area contributed by atoms with Gasteiger partial charge in [-0.15, -0.1) is 0 Å². The van der Waals surface area contributed by atoms with Gasteiger partial charge in [-0.25, -0.2) is 14.9 Å². The van der Waals surface area contributed by atoms with Crippen molar-refractivity contribution in [3.8, 4) is 5.69 Å². The quantitative estimate of drug-likeness (QED) is 0.522. The molecule has 0 bridgehead atoms. The van der Waals surface area contributed by atoms with Crippen molar-refractivity contribution in [1.82, 2.24) is 15.2 Å². The Hall–Kier alpha value is -2.31. The third-order valence-corrected chi connectivity index (χ3v) is 5.12. The van der Waals surface area contributed by atoms with Crippen molar-refractivity contribution in [2.45, 2.75) is 18.0 Å². The summed E-state index contributed by atoms with van der Waals surface area (Å²) < 4.78 is 56.4. The van der Waals surface area contributed by atoms with E-state index in [4.69, 9.17) is 28.9 Å². The molecule has 1 aromatic carbocycles. The lowest BCUT2D eigenvalue weighted by Crippen LogP contribution is -2.19. The van der Waals surface area contributed by atoms with Crippen LogP contribution >= 0.6 is 23.2 Å². The molecule has 3 N–H and O–H groups in total. The van der Waals surface area contributed by atoms with Gasteiger partial charge in [0.25, 0.3) is 0 Å². The minimum Gasteiger partial charge on any atom is -0.452 e. The Morgan fingerprint density at radius 2 is 1.90 bits per heavy atom. The van der Waals surface area contributed by atoms with E-state index in [0.717, 1.165) is 11.8 Å². The van der Waals surface area contributed by atoms with Crippen molar-refractivity contribution in [2.75, 3.05) is 19.1 Å². The van der Waals surface area contributed by atoms with Crippen molar-refractivity contribution in [1.29, 1.82) is 0 Å². The molecule has 1 heterocycles. The molecule has 1 unspecified atom stereocenters. The van der Waals surface area contributed by atoms with E-state index in [9.17, 15) is 22.2 Å². The molecule has 1 aromatic heterocycles. The predicted octanol–water partition coefficient (Wildman–Crippen LogP) is 3.60. The molecule has 2 rings (SSSR count). The number of nitrogens with zero attached hydrogens (tertiary/aromatic N) is 3. The van der Waals surface area contributed by atoms with Crippen LogP contribution in [0.5, 0.6) is 0 Å². The maximum Gasteiger partial charge on any atom is 0.427 e. The van der Waals surface area contributed by atoms with Crippen LogP contribution in [0.4, 0.5) is 23.8 Å². The molecule has 158 valence electrons. The second kappa shape index (κ2) is 8.59. The van der Waals surface area contributed by atoms with E-state index in [2.05, 4.69) is 20.4 Å². The molecular formula is C15H14Cl2F3N5O3S. The number of aromatic nitrogens is 2. The topological polar surface area (TPSA) is 112 Å². The SMILES string of the molecule is COC(=O)NN=C(C)c1nn(-c2c(Cl)cc(C(F)(F)F)cc2Cl)c(N)c1S(C)=O. The van der Waals surface area contributed by atoms with Crippen molar-refractivity contribution < 1.29 is 26.9 Å². The number of alkyl halides is 3. The van der Waals surface area contributed by atoms with E-state index in [1.54, 1.807) is 0 Å². The molecule has 8 nitrogen and oxygen atoms in total. The third kappa shape index (κ3) is 4.82. The van der Waals surface area contributed by atoms with Crippen molar-refractivity contribution in [3.63, 3.8) is 0 Å². The van der Waals surface area contributed by atoms with Gasteiger partial charge in [-0.3, -0.25) is 4.21 Å². The van der Waals surface area contributed by atoms with Crippen LogP contribution in [0.3, 0.4) is 0 Å². The van der Waals surface area contributed by atoms with Crippen LogP contribution in [-0.4, -0.2) is 39.2 Å². The van der Waals surface area contributed by atoms with Gasteiger partial charge in [0.05, 0.1) is 39.2 Å². The Kier molecular flexibility index (Phi) is 6.81. The van der Waals surface area contributed by atoms with E-state index in [-0.39, 0.29) is 37.9 Å². The summed E-state index contributed by atoms with van der Waals surface area (Å²) in [5, 5.41) is 7.16. The highest BCUT2D eigenvalue weighted by atomic mass is 35.5. The molecular weight excluding hydrogens is 458 g/mol. The number of rotatable bonds is 4. The summed E-state index contributed by atoms with van der Waals surface area (Å²) in [6.07, 6.45) is -4.20. The average Bonchev–Trinajstić information content (AvgIpc) is 2.95. The number of amides is 1. The molecule has 0 saturated heterocycles. The van der Waals surface area contributed by atoms with Crippen molar-refractivity contribution in [3.05, 3.63) is 33.4 Å². The molecule has 2 aromatic rings. The lowest BCUT2D eigenvalue weighted by Gasteiger charge is -2.13. The average molecular weight is 472 g/mol. The Bertz CT molecular complexity index is 1000. The van der Waals surface area contributed by atoms with Crippen molar-refractivity contribution >= 4 is 51.6 Å². The number of carbonyl (C=O) groups excluding carboxylic acids is 1. The molecule has 0 spiro atoms. The summed E-state index contributed by atoms with van der Waals surface area (Å²) >= 11 is 12.0. The van der Waals surface area contributed by atoms with Crippen LogP contribution in [0.15, 0.2) is 22.1 Å². The van der Waals surface area contributed by atoms with Crippen LogP contribution in [0.2, 0.25) is 10.0 Å². The van der Waals surface area contributed by atoms with E-state index < -0.39 is 28.6 Å². The summed E-state index contributed by atoms with van der Waals surface area (Å²) in [5.41, 5.74) is 7.03. The summed E-state index contributed by atoms with van der Waals surface area (Å²) in [5.74, 6) is -0.169. The van der Waals surface area contributed by atoms with Gasteiger partial charge in [0.1, 0.15) is 22.1 Å². The molecule has 0 aliphatic rings. The van der Waals surface area contributed by atoms with Crippen LogP contribution in [0, 0.1) is 0 Å². The highest BCUT2D eigenvalue weighted by Gasteiger charge is 2.33. The lowest BCUT2D eigenvalue weighted by molar-refractivity contribution is -0.137. The first-order chi connectivity index (χ1) is 13.4. The number of ether oxygens (including phenoxy) is 1. The molecule has 14 heteroatoms. The maximum absolute atomic E-state index is 13.0. The van der Waals surface area contributed by atoms with Gasteiger partial charge in [-0.05, 0) is 19.1 Å². The zero-order valence-corrected chi connectivity index (χ0v) is 17.4. The van der Waals surface area contributed by atoms with E-state index in [0.29, 0.717) is 12.1 Å². The number of carbonyl (C=O) groups is 1. The fourth-order valence-electron chi connectivity index (χ4n) is 2.27. The minimum absolute atomic E-state index is 0.0202. The maximum atomic E-state index is 13.0. The van der Waals surface area contributed by atoms with Gasteiger partial charge in [-0.1, -0.05) is 23.2 Å². The number of nitrogen functional groups attached to an aromatic ring is 1. The highest BCUT2D eigenvalue weighted by Crippen LogP contribution is 2.39. The fraction of sp³-hybridized carbons (Fsp3) is 0.267. The molecule has 1 amide bonds. The number of hydrogen-bond donors (Lipinski definition) is 2. The van der Waals surface area contributed by atoms with Crippen molar-refractivity contribution in [2.24, 2.45) is 5.10 Å². The molecule has 29 heavy (non-hydrogen) atoms. The third-order valence-electron chi connectivity index (χ3n) is 3.56. The second-order valence-corrected chi connectivity index (χ2v) is 7.65. The summed E-state index contributed by atoms with van der Waals surface area (Å²) in [6, 6.07) is 1.35. The van der Waals surface area contributed by atoms with Gasteiger partial charge in [0, 0.05) is 6.26 Å². The fourth-order valence-corrected chi connectivity index (χ4v) is 3.76. The Balaban J connectivity index is 2.67. The van der Waals surface area contributed by atoms with Gasteiger partial charge >= 0.3 is 12.3 Å². The number of nitrogens with one attached hydrogen (secondary N) is 1. The lowest BCUT2D eigenvalue weighted by atomic mass is 10.2. The number of methoxy groups -OCH3 is 1. The number of nitrogens with two attached hydrogens (primary N) is 1. The molecule has 0 radical (unpaired) electrons. The summed E-state index contributed by atoms with van der Waals surface area (Å²) in [4.78, 5) is 11.2. The number of anilines is 1. The first-order valence-corrected chi connectivity index (χ1v) is 9.87. The Labute approximate surface area is 175 Å². The molecule has 1 atom stereocenters. The van der Waals surface area contributed by atoms with Crippen LogP contribution in [0.1, 0.15) is 18.2 Å². The van der Waals surface area contributed by atoms with Gasteiger partial charge in [-0.2, -0.15) is 23.4 Å². The molecule has 0 aliphatic carbocycles. The molecule has 0 saturated carbocycles. The highest BCUT2D eigenvalue weighted by molar-refractivity contribution is 7.84. The van der Waals surface area contributed by atoms with E-state index >= 15 is 0 Å².